The van der Waals surface area contributed by atoms with E-state index in [1.54, 1.807) is 7.11 Å². The van der Waals surface area contributed by atoms with Crippen LogP contribution in [0.2, 0.25) is 0 Å². The summed E-state index contributed by atoms with van der Waals surface area (Å²) in [5.74, 6) is 0.808. The number of carbonyl (C=O) groups excluding carboxylic acids is 1. The number of alkyl carbamates (subject to hydrolysis) is 1. The molecule has 0 radical (unpaired) electrons. The number of aromatic nitrogens is 2. The van der Waals surface area contributed by atoms with Crippen molar-refractivity contribution in [3.8, 4) is 16.9 Å². The summed E-state index contributed by atoms with van der Waals surface area (Å²) in [4.78, 5) is 19.8. The van der Waals surface area contributed by atoms with Gasteiger partial charge in [0.15, 0.2) is 0 Å². The van der Waals surface area contributed by atoms with E-state index in [-0.39, 0.29) is 5.54 Å². The normalized spacial score (nSPS) is 11.6. The van der Waals surface area contributed by atoms with Gasteiger partial charge in [0, 0.05) is 34.4 Å². The van der Waals surface area contributed by atoms with Crippen LogP contribution in [0.1, 0.15) is 26.3 Å². The lowest BCUT2D eigenvalue weighted by molar-refractivity contribution is 0.139. The van der Waals surface area contributed by atoms with Gasteiger partial charge in [0.05, 0.1) is 13.7 Å². The molecule has 0 aliphatic carbocycles. The van der Waals surface area contributed by atoms with Gasteiger partial charge in [0.25, 0.3) is 0 Å². The molecule has 6 nitrogen and oxygen atoms in total. The molecule has 0 saturated carbocycles. The van der Waals surface area contributed by atoms with Crippen molar-refractivity contribution in [2.75, 3.05) is 13.7 Å². The van der Waals surface area contributed by atoms with Gasteiger partial charge in [-0.3, -0.25) is 0 Å². The monoisotopic (exact) mass is 417 g/mol. The summed E-state index contributed by atoms with van der Waals surface area (Å²) in [5, 5.41) is 4.94. The molecule has 0 aliphatic heterocycles. The number of rotatable bonds is 5. The first-order valence-electron chi connectivity index (χ1n) is 10.3. The molecule has 2 aromatic carbocycles. The Balaban J connectivity index is 1.61. The third kappa shape index (κ3) is 4.63. The number of methoxy groups -OCH3 is 1. The highest BCUT2D eigenvalue weighted by atomic mass is 16.5. The van der Waals surface area contributed by atoms with Gasteiger partial charge in [-0.05, 0) is 61.7 Å². The Bertz CT molecular complexity index is 1240. The number of benzene rings is 2. The summed E-state index contributed by atoms with van der Waals surface area (Å²) in [5.41, 5.74) is 4.83. The van der Waals surface area contributed by atoms with E-state index in [1.165, 1.54) is 0 Å². The van der Waals surface area contributed by atoms with Gasteiger partial charge in [-0.25, -0.2) is 9.78 Å². The first-order chi connectivity index (χ1) is 14.8. The van der Waals surface area contributed by atoms with Crippen molar-refractivity contribution in [1.82, 2.24) is 15.3 Å². The van der Waals surface area contributed by atoms with E-state index in [1.807, 2.05) is 63.4 Å². The fraction of sp³-hybridized carbons (Fsp3) is 0.280. The average molecular weight is 418 g/mol. The summed E-state index contributed by atoms with van der Waals surface area (Å²) in [7, 11) is 1.67. The molecule has 0 saturated heterocycles. The van der Waals surface area contributed by atoms with Gasteiger partial charge in [0.1, 0.15) is 11.4 Å². The van der Waals surface area contributed by atoms with Gasteiger partial charge >= 0.3 is 6.09 Å². The van der Waals surface area contributed by atoms with Crippen LogP contribution in [0.3, 0.4) is 0 Å². The highest BCUT2D eigenvalue weighted by molar-refractivity contribution is 6.13. The summed E-state index contributed by atoms with van der Waals surface area (Å²) < 4.78 is 10.7. The maximum absolute atomic E-state index is 11.9. The number of hydrogen-bond acceptors (Lipinski definition) is 4. The minimum atomic E-state index is -0.396. The maximum atomic E-state index is 11.9. The van der Waals surface area contributed by atoms with Gasteiger partial charge in [-0.15, -0.1) is 0 Å². The Labute approximate surface area is 181 Å². The van der Waals surface area contributed by atoms with Crippen LogP contribution >= 0.6 is 0 Å². The number of nitrogens with one attached hydrogen (secondary N) is 2. The van der Waals surface area contributed by atoms with Crippen LogP contribution in [-0.2, 0) is 11.2 Å². The van der Waals surface area contributed by atoms with E-state index in [4.69, 9.17) is 9.47 Å². The van der Waals surface area contributed by atoms with E-state index in [0.29, 0.717) is 13.0 Å². The number of aromatic amines is 1. The van der Waals surface area contributed by atoms with Crippen molar-refractivity contribution in [2.24, 2.45) is 0 Å². The molecule has 6 heteroatoms. The maximum Gasteiger partial charge on any atom is 0.407 e. The van der Waals surface area contributed by atoms with E-state index >= 15 is 0 Å². The molecular weight excluding hydrogens is 390 g/mol. The minimum absolute atomic E-state index is 0.314. The molecule has 4 rings (SSSR count). The van der Waals surface area contributed by atoms with E-state index in [9.17, 15) is 4.79 Å². The quantitative estimate of drug-likeness (QED) is 0.452. The van der Waals surface area contributed by atoms with Crippen LogP contribution in [-0.4, -0.2) is 35.3 Å². The number of fused-ring (bicyclic) bond motifs is 3. The SMILES string of the molecule is COc1ccc2[nH]c3nccc(-c4cccc(CCOC(=O)NC(C)(C)C)c4)c3c2c1. The van der Waals surface area contributed by atoms with Crippen LogP contribution in [0.5, 0.6) is 5.75 Å². The van der Waals surface area contributed by atoms with Crippen LogP contribution in [0.4, 0.5) is 4.79 Å². The highest BCUT2D eigenvalue weighted by Crippen LogP contribution is 2.35. The fourth-order valence-corrected chi connectivity index (χ4v) is 3.66. The molecule has 2 N–H and O–H groups in total. The Hall–Kier alpha value is -3.54. The van der Waals surface area contributed by atoms with Gasteiger partial charge in [-0.1, -0.05) is 24.3 Å². The zero-order valence-electron chi connectivity index (χ0n) is 18.3. The number of carbonyl (C=O) groups is 1. The smallest absolute Gasteiger partial charge is 0.407 e. The zero-order chi connectivity index (χ0) is 22.0. The molecule has 0 atom stereocenters. The second kappa shape index (κ2) is 8.30. The van der Waals surface area contributed by atoms with Crippen molar-refractivity contribution in [2.45, 2.75) is 32.7 Å². The summed E-state index contributed by atoms with van der Waals surface area (Å²) >= 11 is 0. The second-order valence-corrected chi connectivity index (χ2v) is 8.58. The molecule has 0 bridgehead atoms. The lowest BCUT2D eigenvalue weighted by Gasteiger charge is -2.19. The van der Waals surface area contributed by atoms with Crippen LogP contribution in [0.15, 0.2) is 54.7 Å². The fourth-order valence-electron chi connectivity index (χ4n) is 3.66. The number of H-pyrrole nitrogens is 1. The number of amides is 1. The minimum Gasteiger partial charge on any atom is -0.497 e. The predicted octanol–water partition coefficient (Wildman–Crippen LogP) is 5.46. The summed E-state index contributed by atoms with van der Waals surface area (Å²) in [6.45, 7) is 6.09. The lowest BCUT2D eigenvalue weighted by atomic mass is 9.99. The number of nitrogens with zero attached hydrogens (tertiary/aromatic N) is 1. The molecular formula is C25H27N3O3. The molecule has 0 unspecified atom stereocenters. The van der Waals surface area contributed by atoms with E-state index in [0.717, 1.165) is 44.4 Å². The van der Waals surface area contributed by atoms with E-state index < -0.39 is 6.09 Å². The first-order valence-corrected chi connectivity index (χ1v) is 10.3. The summed E-state index contributed by atoms with van der Waals surface area (Å²) in [6.07, 6.45) is 2.06. The molecule has 1 amide bonds. The number of ether oxygens (including phenoxy) is 2. The van der Waals surface area contributed by atoms with Crippen molar-refractivity contribution in [3.05, 3.63) is 60.3 Å². The van der Waals surface area contributed by atoms with E-state index in [2.05, 4.69) is 27.4 Å². The Morgan fingerprint density at radius 2 is 1.97 bits per heavy atom. The van der Waals surface area contributed by atoms with Crippen LogP contribution < -0.4 is 10.1 Å². The topological polar surface area (TPSA) is 76.2 Å². The standard InChI is InChI=1S/C25H27N3O3/c1-25(2,3)28-24(29)31-13-11-16-6-5-7-17(14-16)19-10-12-26-23-22(19)20-15-18(30-4)8-9-21(20)27-23/h5-10,12,14-15H,11,13H2,1-4H3,(H,26,27)(H,28,29). The largest absolute Gasteiger partial charge is 0.497 e. The third-order valence-corrected chi connectivity index (χ3v) is 5.04. The Kier molecular flexibility index (Phi) is 5.55. The zero-order valence-corrected chi connectivity index (χ0v) is 18.3. The molecule has 4 aromatic rings. The summed E-state index contributed by atoms with van der Waals surface area (Å²) in [6, 6.07) is 16.3. The molecule has 0 fully saturated rings. The third-order valence-electron chi connectivity index (χ3n) is 5.04. The van der Waals surface area contributed by atoms with Gasteiger partial charge in [0.2, 0.25) is 0 Å². The average Bonchev–Trinajstić information content (AvgIpc) is 3.10. The highest BCUT2D eigenvalue weighted by Gasteiger charge is 2.15. The first kappa shape index (κ1) is 20.7. The Morgan fingerprint density at radius 1 is 1.13 bits per heavy atom. The predicted molar refractivity (Wildman–Crippen MR) is 124 cm³/mol. The van der Waals surface area contributed by atoms with Crippen molar-refractivity contribution in [1.29, 1.82) is 0 Å². The molecule has 160 valence electrons. The molecule has 31 heavy (non-hydrogen) atoms. The Morgan fingerprint density at radius 3 is 2.74 bits per heavy atom. The molecule has 0 spiro atoms. The van der Waals surface area contributed by atoms with Crippen LogP contribution in [0.25, 0.3) is 33.1 Å². The number of pyridine rings is 1. The second-order valence-electron chi connectivity index (χ2n) is 8.58. The lowest BCUT2D eigenvalue weighted by Crippen LogP contribution is -2.41. The van der Waals surface area contributed by atoms with Gasteiger partial charge in [-0.2, -0.15) is 0 Å². The van der Waals surface area contributed by atoms with Gasteiger partial charge < -0.3 is 19.8 Å². The van der Waals surface area contributed by atoms with Crippen molar-refractivity contribution < 1.29 is 14.3 Å². The van der Waals surface area contributed by atoms with Crippen LogP contribution in [0, 0.1) is 0 Å². The molecule has 2 heterocycles. The molecule has 2 aromatic heterocycles. The van der Waals surface area contributed by atoms with Crippen molar-refractivity contribution in [3.63, 3.8) is 0 Å². The number of hydrogen-bond donors (Lipinski definition) is 2. The molecule has 0 aliphatic rings. The van der Waals surface area contributed by atoms with Crippen molar-refractivity contribution >= 4 is 28.0 Å².